The Hall–Kier alpha value is -3.99. The van der Waals surface area contributed by atoms with Gasteiger partial charge in [0.2, 0.25) is 0 Å². The second kappa shape index (κ2) is 15.1. The minimum atomic E-state index is -0.782. The lowest BCUT2D eigenvalue weighted by Gasteiger charge is -2.37. The molecule has 1 amide bonds. The SMILES string of the molecule is CCN(c1cc(-c2ccc(CN3CCN(CC(=O)O)CC3)cc2)cc(C(=O)NCc2c(C)cc(C)[nH]c2=O)c1C)C1CCOCC1. The van der Waals surface area contributed by atoms with Crippen LogP contribution in [0.5, 0.6) is 0 Å². The molecule has 10 nitrogen and oxygen atoms in total. The molecule has 2 fully saturated rings. The van der Waals surface area contributed by atoms with E-state index in [2.05, 4.69) is 57.4 Å². The number of benzene rings is 2. The number of carbonyl (C=O) groups excluding carboxylic acids is 1. The van der Waals surface area contributed by atoms with Gasteiger partial charge in [-0.15, -0.1) is 0 Å². The third-order valence-electron chi connectivity index (χ3n) is 9.34. The van der Waals surface area contributed by atoms with E-state index in [9.17, 15) is 14.4 Å². The Morgan fingerprint density at radius 2 is 1.65 bits per heavy atom. The molecule has 0 unspecified atom stereocenters. The summed E-state index contributed by atoms with van der Waals surface area (Å²) in [4.78, 5) is 47.1. The van der Waals surface area contributed by atoms with Gasteiger partial charge in [-0.2, -0.15) is 0 Å². The van der Waals surface area contributed by atoms with Crippen LogP contribution in [0.3, 0.4) is 0 Å². The first kappa shape index (κ1) is 33.4. The van der Waals surface area contributed by atoms with Gasteiger partial charge < -0.3 is 25.0 Å². The first-order valence-electron chi connectivity index (χ1n) is 16.3. The molecule has 0 saturated carbocycles. The topological polar surface area (TPSA) is 118 Å². The summed E-state index contributed by atoms with van der Waals surface area (Å²) in [6, 6.07) is 14.9. The Labute approximate surface area is 271 Å². The van der Waals surface area contributed by atoms with Gasteiger partial charge >= 0.3 is 5.97 Å². The number of piperazine rings is 1. The average molecular weight is 630 g/mol. The number of carboxylic acids is 1. The third kappa shape index (κ3) is 8.04. The summed E-state index contributed by atoms with van der Waals surface area (Å²) >= 11 is 0. The Kier molecular flexibility index (Phi) is 10.9. The first-order valence-corrected chi connectivity index (χ1v) is 16.3. The number of carboxylic acid groups (broad SMARTS) is 1. The van der Waals surface area contributed by atoms with Crippen LogP contribution in [0.2, 0.25) is 0 Å². The highest BCUT2D eigenvalue weighted by Crippen LogP contribution is 2.34. The van der Waals surface area contributed by atoms with Crippen molar-refractivity contribution >= 4 is 17.6 Å². The zero-order valence-electron chi connectivity index (χ0n) is 27.5. The number of nitrogens with zero attached hydrogens (tertiary/aromatic N) is 3. The number of ether oxygens (including phenoxy) is 1. The second-order valence-corrected chi connectivity index (χ2v) is 12.6. The number of aromatic nitrogens is 1. The predicted molar refractivity (Wildman–Crippen MR) is 181 cm³/mol. The fourth-order valence-corrected chi connectivity index (χ4v) is 6.74. The van der Waals surface area contributed by atoms with Crippen molar-refractivity contribution in [2.45, 2.75) is 59.7 Å². The highest BCUT2D eigenvalue weighted by Gasteiger charge is 2.25. The summed E-state index contributed by atoms with van der Waals surface area (Å²) in [7, 11) is 0. The largest absolute Gasteiger partial charge is 0.480 e. The molecule has 0 spiro atoms. The van der Waals surface area contributed by atoms with Gasteiger partial charge in [0, 0.05) is 87.6 Å². The van der Waals surface area contributed by atoms with Crippen LogP contribution in [0.4, 0.5) is 5.69 Å². The van der Waals surface area contributed by atoms with Gasteiger partial charge in [-0.1, -0.05) is 24.3 Å². The van der Waals surface area contributed by atoms with Crippen molar-refractivity contribution in [2.75, 3.05) is 57.4 Å². The van der Waals surface area contributed by atoms with E-state index in [0.29, 0.717) is 17.2 Å². The van der Waals surface area contributed by atoms with Crippen molar-refractivity contribution in [1.29, 1.82) is 0 Å². The molecule has 3 aromatic rings. The monoisotopic (exact) mass is 629 g/mol. The molecule has 3 heterocycles. The Morgan fingerprint density at radius 3 is 2.28 bits per heavy atom. The van der Waals surface area contributed by atoms with Gasteiger partial charge in [0.25, 0.3) is 11.5 Å². The maximum Gasteiger partial charge on any atom is 0.317 e. The van der Waals surface area contributed by atoms with Crippen molar-refractivity contribution in [3.63, 3.8) is 0 Å². The number of anilines is 1. The lowest BCUT2D eigenvalue weighted by Crippen LogP contribution is -2.47. The number of rotatable bonds is 11. The minimum Gasteiger partial charge on any atom is -0.480 e. The maximum atomic E-state index is 13.8. The van der Waals surface area contributed by atoms with Crippen molar-refractivity contribution in [3.05, 3.63) is 86.3 Å². The molecule has 0 aliphatic carbocycles. The van der Waals surface area contributed by atoms with Crippen molar-refractivity contribution < 1.29 is 19.4 Å². The number of nitrogens with one attached hydrogen (secondary N) is 2. The molecule has 1 aromatic heterocycles. The summed E-state index contributed by atoms with van der Waals surface area (Å²) in [6.45, 7) is 14.4. The highest BCUT2D eigenvalue weighted by atomic mass is 16.5. The van der Waals surface area contributed by atoms with Crippen LogP contribution in [0.15, 0.2) is 47.3 Å². The van der Waals surface area contributed by atoms with Crippen LogP contribution >= 0.6 is 0 Å². The number of amides is 1. The highest BCUT2D eigenvalue weighted by molar-refractivity contribution is 5.99. The molecule has 3 N–H and O–H groups in total. The molecule has 0 bridgehead atoms. The first-order chi connectivity index (χ1) is 22.1. The number of aromatic amines is 1. The zero-order chi connectivity index (χ0) is 32.8. The molecule has 5 rings (SSSR count). The Balaban J connectivity index is 1.40. The molecule has 0 radical (unpaired) electrons. The van der Waals surface area contributed by atoms with Crippen LogP contribution in [0, 0.1) is 20.8 Å². The van der Waals surface area contributed by atoms with Crippen LogP contribution in [-0.4, -0.2) is 90.3 Å². The van der Waals surface area contributed by atoms with Crippen LogP contribution in [-0.2, 0) is 22.6 Å². The summed E-state index contributed by atoms with van der Waals surface area (Å²) in [6.07, 6.45) is 1.88. The number of pyridine rings is 1. The molecule has 10 heteroatoms. The van der Waals surface area contributed by atoms with Crippen LogP contribution < -0.4 is 15.8 Å². The quantitative estimate of drug-likeness (QED) is 0.290. The van der Waals surface area contributed by atoms with E-state index < -0.39 is 5.97 Å². The van der Waals surface area contributed by atoms with Gasteiger partial charge in [0.1, 0.15) is 0 Å². The number of H-pyrrole nitrogens is 1. The number of hydrogen-bond donors (Lipinski definition) is 3. The molecule has 2 saturated heterocycles. The van der Waals surface area contributed by atoms with Gasteiger partial charge in [-0.25, -0.2) is 0 Å². The van der Waals surface area contributed by atoms with Gasteiger partial charge in [-0.3, -0.25) is 24.2 Å². The normalized spacial score (nSPS) is 16.3. The number of aliphatic carboxylic acids is 1. The standard InChI is InChI=1S/C36H47N5O5/c1-5-41(30-10-16-46-17-11-30)33-20-29(19-31(26(33)4)35(44)37-21-32-24(2)18-25(3)38-36(32)45)28-8-6-27(7-9-28)22-39-12-14-40(15-13-39)23-34(42)43/h6-9,18-20,30H,5,10-17,21-23H2,1-4H3,(H,37,44)(H,38,45)(H,42,43). The van der Waals surface area contributed by atoms with Crippen molar-refractivity contribution in [2.24, 2.45) is 0 Å². The zero-order valence-corrected chi connectivity index (χ0v) is 27.5. The molecular formula is C36H47N5O5. The van der Waals surface area contributed by atoms with Gasteiger partial charge in [-0.05, 0) is 86.6 Å². The van der Waals surface area contributed by atoms with Gasteiger partial charge in [0.15, 0.2) is 0 Å². The lowest BCUT2D eigenvalue weighted by molar-refractivity contribution is -0.138. The summed E-state index contributed by atoms with van der Waals surface area (Å²) in [5, 5.41) is 12.1. The number of aryl methyl sites for hydroxylation is 2. The Morgan fingerprint density at radius 1 is 0.978 bits per heavy atom. The second-order valence-electron chi connectivity index (χ2n) is 12.6. The van der Waals surface area contributed by atoms with E-state index in [1.807, 2.05) is 37.8 Å². The molecule has 0 atom stereocenters. The van der Waals surface area contributed by atoms with Crippen LogP contribution in [0.1, 0.15) is 58.1 Å². The van der Waals surface area contributed by atoms with E-state index >= 15 is 0 Å². The van der Waals surface area contributed by atoms with E-state index in [1.54, 1.807) is 0 Å². The van der Waals surface area contributed by atoms with Gasteiger partial charge in [0.05, 0.1) is 6.54 Å². The minimum absolute atomic E-state index is 0.0922. The summed E-state index contributed by atoms with van der Waals surface area (Å²) < 4.78 is 5.65. The molecule has 2 aliphatic rings. The Bertz CT molecular complexity index is 1590. The predicted octanol–water partition coefficient (Wildman–Crippen LogP) is 4.10. The fourth-order valence-electron chi connectivity index (χ4n) is 6.74. The molecule has 246 valence electrons. The average Bonchev–Trinajstić information content (AvgIpc) is 3.03. The fraction of sp³-hybridized carbons (Fsp3) is 0.472. The molecule has 46 heavy (non-hydrogen) atoms. The summed E-state index contributed by atoms with van der Waals surface area (Å²) in [5.41, 5.74) is 7.78. The molecule has 2 aromatic carbocycles. The van der Waals surface area contributed by atoms with Crippen molar-refractivity contribution in [3.8, 4) is 11.1 Å². The third-order valence-corrected chi connectivity index (χ3v) is 9.34. The van der Waals surface area contributed by atoms with E-state index in [4.69, 9.17) is 9.84 Å². The van der Waals surface area contributed by atoms with E-state index in [1.165, 1.54) is 5.56 Å². The molecular weight excluding hydrogens is 582 g/mol. The smallest absolute Gasteiger partial charge is 0.317 e. The lowest BCUT2D eigenvalue weighted by atomic mass is 9.94. The number of hydrogen-bond acceptors (Lipinski definition) is 7. The van der Waals surface area contributed by atoms with Crippen LogP contribution in [0.25, 0.3) is 11.1 Å². The van der Waals surface area contributed by atoms with E-state index in [-0.39, 0.29) is 24.6 Å². The maximum absolute atomic E-state index is 13.8. The van der Waals surface area contributed by atoms with E-state index in [0.717, 1.165) is 99.0 Å². The summed E-state index contributed by atoms with van der Waals surface area (Å²) in [5.74, 6) is -0.989. The number of carbonyl (C=O) groups is 2. The van der Waals surface area contributed by atoms with Crippen molar-refractivity contribution in [1.82, 2.24) is 20.1 Å². The molecule has 2 aliphatic heterocycles.